The van der Waals surface area contributed by atoms with Crippen molar-refractivity contribution in [2.24, 2.45) is 5.92 Å². The predicted octanol–water partition coefficient (Wildman–Crippen LogP) is 3.93. The SMILES string of the molecule is O=C(CCC1CCCC1)NCc1ccc(-c2ccco2)nc1. The molecule has 4 nitrogen and oxygen atoms in total. The van der Waals surface area contributed by atoms with Gasteiger partial charge in [-0.15, -0.1) is 0 Å². The van der Waals surface area contributed by atoms with Gasteiger partial charge in [0, 0.05) is 19.2 Å². The second-order valence-electron chi connectivity index (χ2n) is 5.99. The highest BCUT2D eigenvalue weighted by Gasteiger charge is 2.15. The molecule has 1 fully saturated rings. The number of nitrogens with zero attached hydrogens (tertiary/aromatic N) is 1. The summed E-state index contributed by atoms with van der Waals surface area (Å²) in [7, 11) is 0. The fourth-order valence-corrected chi connectivity index (χ4v) is 3.02. The monoisotopic (exact) mass is 298 g/mol. The number of aromatic nitrogens is 1. The van der Waals surface area contributed by atoms with Crippen molar-refractivity contribution in [2.75, 3.05) is 0 Å². The van der Waals surface area contributed by atoms with Crippen molar-refractivity contribution in [3.8, 4) is 11.5 Å². The molecule has 2 aromatic heterocycles. The molecule has 4 heteroatoms. The van der Waals surface area contributed by atoms with Crippen LogP contribution >= 0.6 is 0 Å². The van der Waals surface area contributed by atoms with Crippen LogP contribution in [-0.2, 0) is 11.3 Å². The summed E-state index contributed by atoms with van der Waals surface area (Å²) in [5.41, 5.74) is 1.81. The molecule has 1 amide bonds. The highest BCUT2D eigenvalue weighted by Crippen LogP contribution is 2.28. The Labute approximate surface area is 130 Å². The third kappa shape index (κ3) is 3.97. The van der Waals surface area contributed by atoms with Gasteiger partial charge in [-0.05, 0) is 36.1 Å². The second kappa shape index (κ2) is 7.25. The average molecular weight is 298 g/mol. The van der Waals surface area contributed by atoms with Gasteiger partial charge in [-0.2, -0.15) is 0 Å². The molecule has 0 unspecified atom stereocenters. The van der Waals surface area contributed by atoms with Gasteiger partial charge in [0.15, 0.2) is 5.76 Å². The Bertz CT molecular complexity index is 584. The van der Waals surface area contributed by atoms with E-state index in [0.717, 1.165) is 29.4 Å². The van der Waals surface area contributed by atoms with E-state index >= 15 is 0 Å². The number of amides is 1. The topological polar surface area (TPSA) is 55.1 Å². The van der Waals surface area contributed by atoms with E-state index in [1.54, 1.807) is 12.5 Å². The summed E-state index contributed by atoms with van der Waals surface area (Å²) in [6.45, 7) is 0.537. The van der Waals surface area contributed by atoms with Crippen LogP contribution in [0.2, 0.25) is 0 Å². The molecule has 1 aliphatic carbocycles. The number of nitrogens with one attached hydrogen (secondary N) is 1. The molecule has 0 saturated heterocycles. The van der Waals surface area contributed by atoms with Gasteiger partial charge in [0.05, 0.1) is 6.26 Å². The van der Waals surface area contributed by atoms with Crippen LogP contribution in [0.3, 0.4) is 0 Å². The van der Waals surface area contributed by atoms with Crippen LogP contribution in [-0.4, -0.2) is 10.9 Å². The maximum absolute atomic E-state index is 11.9. The summed E-state index contributed by atoms with van der Waals surface area (Å²) in [5.74, 6) is 1.66. The largest absolute Gasteiger partial charge is 0.463 e. The first-order valence-electron chi connectivity index (χ1n) is 8.07. The normalized spacial score (nSPS) is 15.1. The van der Waals surface area contributed by atoms with Crippen LogP contribution in [0.15, 0.2) is 41.1 Å². The molecule has 3 rings (SSSR count). The Morgan fingerprint density at radius 3 is 2.82 bits per heavy atom. The highest BCUT2D eigenvalue weighted by atomic mass is 16.3. The molecule has 2 heterocycles. The first kappa shape index (κ1) is 14.8. The molecule has 1 aliphatic rings. The van der Waals surface area contributed by atoms with Gasteiger partial charge in [0.2, 0.25) is 5.91 Å². The van der Waals surface area contributed by atoms with E-state index in [1.165, 1.54) is 25.7 Å². The quantitative estimate of drug-likeness (QED) is 0.879. The first-order valence-corrected chi connectivity index (χ1v) is 8.07. The fraction of sp³-hybridized carbons (Fsp3) is 0.444. The van der Waals surface area contributed by atoms with Crippen molar-refractivity contribution < 1.29 is 9.21 Å². The van der Waals surface area contributed by atoms with E-state index < -0.39 is 0 Å². The van der Waals surface area contributed by atoms with Gasteiger partial charge in [-0.25, -0.2) is 0 Å². The van der Waals surface area contributed by atoms with Gasteiger partial charge in [0.1, 0.15) is 5.69 Å². The molecule has 0 aliphatic heterocycles. The maximum atomic E-state index is 11.9. The van der Waals surface area contributed by atoms with Crippen LogP contribution < -0.4 is 5.32 Å². The second-order valence-corrected chi connectivity index (χ2v) is 5.99. The van der Waals surface area contributed by atoms with Gasteiger partial charge in [-0.1, -0.05) is 31.7 Å². The lowest BCUT2D eigenvalue weighted by atomic mass is 10.0. The van der Waals surface area contributed by atoms with E-state index in [-0.39, 0.29) is 5.91 Å². The van der Waals surface area contributed by atoms with E-state index in [9.17, 15) is 4.79 Å². The minimum atomic E-state index is 0.141. The average Bonchev–Trinajstić information content (AvgIpc) is 3.24. The minimum absolute atomic E-state index is 0.141. The zero-order chi connectivity index (χ0) is 15.2. The molecule has 116 valence electrons. The predicted molar refractivity (Wildman–Crippen MR) is 85.0 cm³/mol. The number of hydrogen-bond donors (Lipinski definition) is 1. The third-order valence-electron chi connectivity index (χ3n) is 4.34. The number of pyridine rings is 1. The van der Waals surface area contributed by atoms with Gasteiger partial charge < -0.3 is 9.73 Å². The summed E-state index contributed by atoms with van der Waals surface area (Å²) >= 11 is 0. The van der Waals surface area contributed by atoms with Gasteiger partial charge in [-0.3, -0.25) is 9.78 Å². The van der Waals surface area contributed by atoms with E-state index in [0.29, 0.717) is 13.0 Å². The molecule has 0 atom stereocenters. The number of carbonyl (C=O) groups excluding carboxylic acids is 1. The molecule has 0 spiro atoms. The van der Waals surface area contributed by atoms with Crippen LogP contribution in [0.5, 0.6) is 0 Å². The standard InChI is InChI=1S/C18H22N2O2/c21-18(10-8-14-4-1-2-5-14)20-13-15-7-9-16(19-12-15)17-6-3-11-22-17/h3,6-7,9,11-12,14H,1-2,4-5,8,10,13H2,(H,20,21). The first-order chi connectivity index (χ1) is 10.8. The van der Waals surface area contributed by atoms with Crippen molar-refractivity contribution in [1.82, 2.24) is 10.3 Å². The lowest BCUT2D eigenvalue weighted by molar-refractivity contribution is -0.121. The molecule has 1 saturated carbocycles. The van der Waals surface area contributed by atoms with E-state index in [4.69, 9.17) is 4.42 Å². The lowest BCUT2D eigenvalue weighted by Crippen LogP contribution is -2.23. The minimum Gasteiger partial charge on any atom is -0.463 e. The van der Waals surface area contributed by atoms with Crippen LogP contribution in [0.1, 0.15) is 44.1 Å². The van der Waals surface area contributed by atoms with Crippen molar-refractivity contribution in [3.63, 3.8) is 0 Å². The molecule has 0 aromatic carbocycles. The van der Waals surface area contributed by atoms with Crippen LogP contribution in [0.25, 0.3) is 11.5 Å². The fourth-order valence-electron chi connectivity index (χ4n) is 3.02. The van der Waals surface area contributed by atoms with Crippen molar-refractivity contribution in [1.29, 1.82) is 0 Å². The van der Waals surface area contributed by atoms with Crippen molar-refractivity contribution >= 4 is 5.91 Å². The Morgan fingerprint density at radius 1 is 1.27 bits per heavy atom. The Kier molecular flexibility index (Phi) is 4.88. The molecule has 1 N–H and O–H groups in total. The van der Waals surface area contributed by atoms with Crippen LogP contribution in [0, 0.1) is 5.92 Å². The maximum Gasteiger partial charge on any atom is 0.220 e. The van der Waals surface area contributed by atoms with Gasteiger partial charge >= 0.3 is 0 Å². The van der Waals surface area contributed by atoms with E-state index in [1.807, 2.05) is 24.3 Å². The smallest absolute Gasteiger partial charge is 0.220 e. The number of rotatable bonds is 6. The number of hydrogen-bond acceptors (Lipinski definition) is 3. The molecule has 2 aromatic rings. The summed E-state index contributed by atoms with van der Waals surface area (Å²) in [5, 5.41) is 2.97. The zero-order valence-corrected chi connectivity index (χ0v) is 12.8. The molecule has 22 heavy (non-hydrogen) atoms. The number of carbonyl (C=O) groups is 1. The summed E-state index contributed by atoms with van der Waals surface area (Å²) in [6, 6.07) is 7.61. The molecule has 0 bridgehead atoms. The highest BCUT2D eigenvalue weighted by molar-refractivity contribution is 5.75. The van der Waals surface area contributed by atoms with Crippen molar-refractivity contribution in [3.05, 3.63) is 42.3 Å². The molecular formula is C18H22N2O2. The van der Waals surface area contributed by atoms with Gasteiger partial charge in [0.25, 0.3) is 0 Å². The van der Waals surface area contributed by atoms with E-state index in [2.05, 4.69) is 10.3 Å². The lowest BCUT2D eigenvalue weighted by Gasteiger charge is -2.09. The summed E-state index contributed by atoms with van der Waals surface area (Å²) < 4.78 is 5.31. The van der Waals surface area contributed by atoms with Crippen LogP contribution in [0.4, 0.5) is 0 Å². The third-order valence-corrected chi connectivity index (χ3v) is 4.34. The Morgan fingerprint density at radius 2 is 2.14 bits per heavy atom. The van der Waals surface area contributed by atoms with Crippen molar-refractivity contribution in [2.45, 2.75) is 45.1 Å². The number of furan rings is 1. The zero-order valence-electron chi connectivity index (χ0n) is 12.8. The Balaban J connectivity index is 1.43. The molecular weight excluding hydrogens is 276 g/mol. The summed E-state index contributed by atoms with van der Waals surface area (Å²) in [6.07, 6.45) is 10.4. The summed E-state index contributed by atoms with van der Waals surface area (Å²) in [4.78, 5) is 16.2. The molecule has 0 radical (unpaired) electrons. The Hall–Kier alpha value is -2.10.